The normalized spacial score (nSPS) is 20.2. The van der Waals surface area contributed by atoms with Gasteiger partial charge in [0.2, 0.25) is 5.91 Å². The van der Waals surface area contributed by atoms with Crippen LogP contribution >= 0.6 is 0 Å². The molecule has 1 unspecified atom stereocenters. The van der Waals surface area contributed by atoms with Crippen LogP contribution in [0, 0.1) is 5.92 Å². The highest BCUT2D eigenvalue weighted by atomic mass is 16.5. The van der Waals surface area contributed by atoms with Crippen LogP contribution in [-0.4, -0.2) is 41.2 Å². The summed E-state index contributed by atoms with van der Waals surface area (Å²) >= 11 is 0. The molecule has 0 aromatic carbocycles. The molecule has 86 valence electrons. The standard InChI is InChI=1S/C10H13N3O3/c1-16-10-11-3-2-8(12-10)13-5-7(6-14)4-9(13)15/h2-3,7,14H,4-6H2,1H3. The summed E-state index contributed by atoms with van der Waals surface area (Å²) in [6.45, 7) is 0.514. The SMILES string of the molecule is COc1nccc(N2CC(CO)CC2=O)n1. The van der Waals surface area contributed by atoms with Gasteiger partial charge in [-0.05, 0) is 6.07 Å². The zero-order valence-electron chi connectivity index (χ0n) is 8.96. The predicted molar refractivity (Wildman–Crippen MR) is 56.1 cm³/mol. The average Bonchev–Trinajstić information content (AvgIpc) is 2.71. The Kier molecular flexibility index (Phi) is 3.00. The van der Waals surface area contributed by atoms with Crippen molar-refractivity contribution in [1.29, 1.82) is 0 Å². The molecule has 1 saturated heterocycles. The maximum Gasteiger partial charge on any atom is 0.318 e. The minimum atomic E-state index is -0.0280. The molecule has 1 fully saturated rings. The Balaban J connectivity index is 2.20. The Bertz CT molecular complexity index is 397. The number of hydrogen-bond acceptors (Lipinski definition) is 5. The smallest absolute Gasteiger partial charge is 0.318 e. The molecule has 6 nitrogen and oxygen atoms in total. The lowest BCUT2D eigenvalue weighted by Gasteiger charge is -2.15. The fourth-order valence-electron chi connectivity index (χ4n) is 1.71. The second kappa shape index (κ2) is 4.44. The van der Waals surface area contributed by atoms with Crippen LogP contribution in [0.1, 0.15) is 6.42 Å². The van der Waals surface area contributed by atoms with Crippen molar-refractivity contribution in [3.8, 4) is 6.01 Å². The summed E-state index contributed by atoms with van der Waals surface area (Å²) in [5.41, 5.74) is 0. The van der Waals surface area contributed by atoms with E-state index in [1.54, 1.807) is 17.2 Å². The third kappa shape index (κ3) is 1.96. The van der Waals surface area contributed by atoms with E-state index in [1.165, 1.54) is 7.11 Å². The lowest BCUT2D eigenvalue weighted by molar-refractivity contribution is -0.117. The van der Waals surface area contributed by atoms with E-state index >= 15 is 0 Å². The molecule has 0 spiro atoms. The van der Waals surface area contributed by atoms with Crippen molar-refractivity contribution < 1.29 is 14.6 Å². The third-order valence-electron chi connectivity index (χ3n) is 2.54. The summed E-state index contributed by atoms with van der Waals surface area (Å²) in [6.07, 6.45) is 1.91. The molecule has 0 saturated carbocycles. The quantitative estimate of drug-likeness (QED) is 0.770. The molecule has 1 aliphatic rings. The van der Waals surface area contributed by atoms with Crippen LogP contribution in [0.15, 0.2) is 12.3 Å². The Hall–Kier alpha value is -1.69. The molecular weight excluding hydrogens is 210 g/mol. The molecule has 2 rings (SSSR count). The van der Waals surface area contributed by atoms with Gasteiger partial charge < -0.3 is 9.84 Å². The van der Waals surface area contributed by atoms with Gasteiger partial charge in [-0.15, -0.1) is 0 Å². The van der Waals surface area contributed by atoms with Crippen LogP contribution in [0.2, 0.25) is 0 Å². The number of carbonyl (C=O) groups excluding carboxylic acids is 1. The van der Waals surface area contributed by atoms with Crippen LogP contribution in [0.4, 0.5) is 5.82 Å². The summed E-state index contributed by atoms with van der Waals surface area (Å²) in [5, 5.41) is 9.01. The molecule has 1 aromatic heterocycles. The topological polar surface area (TPSA) is 75.6 Å². The Morgan fingerprint density at radius 3 is 3.12 bits per heavy atom. The van der Waals surface area contributed by atoms with Crippen LogP contribution in [-0.2, 0) is 4.79 Å². The number of rotatable bonds is 3. The summed E-state index contributed by atoms with van der Waals surface area (Å²) in [4.78, 5) is 21.2. The maximum absolute atomic E-state index is 11.7. The number of amides is 1. The second-order valence-electron chi connectivity index (χ2n) is 3.66. The third-order valence-corrected chi connectivity index (χ3v) is 2.54. The number of aliphatic hydroxyl groups excluding tert-OH is 1. The molecular formula is C10H13N3O3. The van der Waals surface area contributed by atoms with Gasteiger partial charge in [0.05, 0.1) is 7.11 Å². The molecule has 1 amide bonds. The molecule has 1 aromatic rings. The zero-order chi connectivity index (χ0) is 11.5. The first-order chi connectivity index (χ1) is 7.74. The van der Waals surface area contributed by atoms with Gasteiger partial charge in [0.1, 0.15) is 5.82 Å². The largest absolute Gasteiger partial charge is 0.467 e. The molecule has 6 heteroatoms. The van der Waals surface area contributed by atoms with Gasteiger partial charge in [-0.2, -0.15) is 4.98 Å². The van der Waals surface area contributed by atoms with Crippen molar-refractivity contribution in [2.24, 2.45) is 5.92 Å². The number of ether oxygens (including phenoxy) is 1. The van der Waals surface area contributed by atoms with E-state index in [1.807, 2.05) is 0 Å². The lowest BCUT2D eigenvalue weighted by atomic mass is 10.1. The Labute approximate surface area is 92.9 Å². The van der Waals surface area contributed by atoms with E-state index in [2.05, 4.69) is 9.97 Å². The first-order valence-corrected chi connectivity index (χ1v) is 5.03. The number of carbonyl (C=O) groups is 1. The highest BCUT2D eigenvalue weighted by molar-refractivity contribution is 5.94. The van der Waals surface area contributed by atoms with Gasteiger partial charge in [0, 0.05) is 31.7 Å². The summed E-state index contributed by atoms with van der Waals surface area (Å²) in [5.74, 6) is 0.487. The Morgan fingerprint density at radius 2 is 2.50 bits per heavy atom. The Morgan fingerprint density at radius 1 is 1.69 bits per heavy atom. The van der Waals surface area contributed by atoms with Gasteiger partial charge in [0.15, 0.2) is 0 Å². The van der Waals surface area contributed by atoms with Crippen LogP contribution in [0.25, 0.3) is 0 Å². The fraction of sp³-hybridized carbons (Fsp3) is 0.500. The highest BCUT2D eigenvalue weighted by Gasteiger charge is 2.30. The molecule has 2 heterocycles. The number of hydrogen-bond donors (Lipinski definition) is 1. The van der Waals surface area contributed by atoms with Crippen molar-refractivity contribution in [2.45, 2.75) is 6.42 Å². The number of methoxy groups -OCH3 is 1. The zero-order valence-corrected chi connectivity index (χ0v) is 8.96. The monoisotopic (exact) mass is 223 g/mol. The van der Waals surface area contributed by atoms with E-state index in [9.17, 15) is 4.79 Å². The fourth-order valence-corrected chi connectivity index (χ4v) is 1.71. The van der Waals surface area contributed by atoms with E-state index in [-0.39, 0.29) is 24.4 Å². The maximum atomic E-state index is 11.7. The number of anilines is 1. The van der Waals surface area contributed by atoms with Crippen LogP contribution in [0.3, 0.4) is 0 Å². The minimum absolute atomic E-state index is 0.00606. The first-order valence-electron chi connectivity index (χ1n) is 5.03. The van der Waals surface area contributed by atoms with Crippen LogP contribution < -0.4 is 9.64 Å². The number of nitrogens with zero attached hydrogens (tertiary/aromatic N) is 3. The first kappa shape index (κ1) is 10.8. The van der Waals surface area contributed by atoms with E-state index in [4.69, 9.17) is 9.84 Å². The predicted octanol–water partition coefficient (Wildman–Crippen LogP) is -0.170. The molecule has 0 aliphatic carbocycles. The summed E-state index contributed by atoms with van der Waals surface area (Å²) in [6, 6.07) is 1.89. The van der Waals surface area contributed by atoms with Gasteiger partial charge >= 0.3 is 6.01 Å². The number of aliphatic hydroxyl groups is 1. The molecule has 1 N–H and O–H groups in total. The molecule has 16 heavy (non-hydrogen) atoms. The van der Waals surface area contributed by atoms with Crippen molar-refractivity contribution in [3.63, 3.8) is 0 Å². The van der Waals surface area contributed by atoms with E-state index in [0.717, 1.165) is 0 Å². The van der Waals surface area contributed by atoms with Gasteiger partial charge in [-0.1, -0.05) is 0 Å². The van der Waals surface area contributed by atoms with Crippen molar-refractivity contribution in [1.82, 2.24) is 9.97 Å². The number of aromatic nitrogens is 2. The average molecular weight is 223 g/mol. The van der Waals surface area contributed by atoms with Gasteiger partial charge in [-0.3, -0.25) is 9.69 Å². The van der Waals surface area contributed by atoms with Crippen molar-refractivity contribution in [2.75, 3.05) is 25.2 Å². The summed E-state index contributed by atoms with van der Waals surface area (Å²) < 4.78 is 4.89. The second-order valence-corrected chi connectivity index (χ2v) is 3.66. The van der Waals surface area contributed by atoms with Crippen LogP contribution in [0.5, 0.6) is 6.01 Å². The molecule has 0 bridgehead atoms. The van der Waals surface area contributed by atoms with Crippen molar-refractivity contribution >= 4 is 11.7 Å². The summed E-state index contributed by atoms with van der Waals surface area (Å²) in [7, 11) is 1.47. The van der Waals surface area contributed by atoms with Gasteiger partial charge in [-0.25, -0.2) is 4.98 Å². The highest BCUT2D eigenvalue weighted by Crippen LogP contribution is 2.23. The molecule has 1 aliphatic heterocycles. The lowest BCUT2D eigenvalue weighted by Crippen LogP contribution is -2.26. The van der Waals surface area contributed by atoms with E-state index < -0.39 is 0 Å². The molecule has 1 atom stereocenters. The van der Waals surface area contributed by atoms with Gasteiger partial charge in [0.25, 0.3) is 0 Å². The minimum Gasteiger partial charge on any atom is -0.467 e. The van der Waals surface area contributed by atoms with Crippen molar-refractivity contribution in [3.05, 3.63) is 12.3 Å². The van der Waals surface area contributed by atoms with E-state index in [0.29, 0.717) is 18.8 Å². The molecule has 0 radical (unpaired) electrons.